The molecule has 0 amide bonds. The number of nitrogens with zero attached hydrogens (tertiary/aromatic N) is 1. The lowest BCUT2D eigenvalue weighted by molar-refractivity contribution is -0.633. The van der Waals surface area contributed by atoms with Crippen LogP contribution in [0.4, 0.5) is 0 Å². The van der Waals surface area contributed by atoms with Gasteiger partial charge in [0.2, 0.25) is 11.2 Å². The average Bonchev–Trinajstić information content (AvgIpc) is 2.75. The van der Waals surface area contributed by atoms with Crippen LogP contribution < -0.4 is 4.57 Å². The van der Waals surface area contributed by atoms with Gasteiger partial charge in [0.25, 0.3) is 0 Å². The smallest absolute Gasteiger partial charge is 0.194 e. The second kappa shape index (κ2) is 8.30. The number of rotatable bonds is 4. The first kappa shape index (κ1) is 17.7. The van der Waals surface area contributed by atoms with Crippen molar-refractivity contribution in [2.24, 2.45) is 13.0 Å². The molecule has 0 aliphatic carbocycles. The Balaban J connectivity index is 2.00. The van der Waals surface area contributed by atoms with Crippen LogP contribution in [0.15, 0.2) is 60.7 Å². The summed E-state index contributed by atoms with van der Waals surface area (Å²) in [6.45, 7) is 8.38. The van der Waals surface area contributed by atoms with Gasteiger partial charge >= 0.3 is 0 Å². The zero-order valence-corrected chi connectivity index (χ0v) is 19.5. The summed E-state index contributed by atoms with van der Waals surface area (Å²) in [5, 5.41) is 1.25. The highest BCUT2D eigenvalue weighted by atomic mass is 14.9. The Morgan fingerprint density at radius 2 is 1.58 bits per heavy atom. The van der Waals surface area contributed by atoms with Gasteiger partial charge in [-0.15, -0.1) is 0 Å². The van der Waals surface area contributed by atoms with Crippen LogP contribution in [-0.4, -0.2) is 0 Å². The van der Waals surface area contributed by atoms with Crippen molar-refractivity contribution in [1.82, 2.24) is 0 Å². The number of fused-ring (bicyclic) bond motifs is 1. The highest BCUT2D eigenvalue weighted by Gasteiger charge is 2.20. The van der Waals surface area contributed by atoms with Crippen LogP contribution in [0, 0.1) is 33.5 Å². The summed E-state index contributed by atoms with van der Waals surface area (Å²) in [6, 6.07) is 21.5. The third-order valence-corrected chi connectivity index (χ3v) is 6.22. The van der Waals surface area contributed by atoms with E-state index in [0.29, 0.717) is 11.5 Å². The third kappa shape index (κ3) is 4.14. The zero-order chi connectivity index (χ0) is 24.8. The topological polar surface area (TPSA) is 3.88 Å². The first-order valence-electron chi connectivity index (χ1n) is 12.6. The Bertz CT molecular complexity index is 1360. The lowest BCUT2D eigenvalue weighted by atomic mass is 9.92. The number of hydrogen-bond donors (Lipinski definition) is 0. The molecule has 0 radical (unpaired) electrons. The van der Waals surface area contributed by atoms with Crippen molar-refractivity contribution in [3.05, 3.63) is 88.5 Å². The first-order valence-corrected chi connectivity index (χ1v) is 11.1. The fraction of sp³-hybridized carbons (Fsp3) is 0.300. The zero-order valence-electron chi connectivity index (χ0n) is 22.5. The van der Waals surface area contributed by atoms with Crippen molar-refractivity contribution in [1.29, 1.82) is 0 Å². The van der Waals surface area contributed by atoms with E-state index in [0.717, 1.165) is 34.3 Å². The number of pyridine rings is 1. The largest absolute Gasteiger partial charge is 0.213 e. The monoisotopic (exact) mass is 411 g/mol. The molecule has 4 aromatic rings. The van der Waals surface area contributed by atoms with Crippen molar-refractivity contribution < 1.29 is 8.68 Å². The molecule has 158 valence electrons. The minimum absolute atomic E-state index is 0.427. The quantitative estimate of drug-likeness (QED) is 0.307. The summed E-state index contributed by atoms with van der Waals surface area (Å²) >= 11 is 0. The van der Waals surface area contributed by atoms with E-state index in [1.54, 1.807) is 6.07 Å². The predicted octanol–water partition coefficient (Wildman–Crippen LogP) is 7.43. The highest BCUT2D eigenvalue weighted by Crippen LogP contribution is 2.31. The predicted molar refractivity (Wildman–Crippen MR) is 133 cm³/mol. The SMILES string of the molecule is [2H]C([2H])([2H])c1cc(C)cc(-c2ccc3c(CC(C)C)cc(-c4ccc(C)cc4)cc3[n+]2C)c1C. The van der Waals surface area contributed by atoms with Crippen LogP contribution >= 0.6 is 0 Å². The standard InChI is InChI=1S/C30H34N/c1-19(2)14-26-17-25(24-10-8-20(3)9-11-24)18-30-27(26)12-13-29(31(30)7)28-16-21(4)15-22(5)23(28)6/h8-13,15-19H,14H2,1-7H3/q+1/i5D3. The highest BCUT2D eigenvalue weighted by molar-refractivity contribution is 5.87. The van der Waals surface area contributed by atoms with E-state index < -0.39 is 6.85 Å². The normalized spacial score (nSPS) is 13.3. The molecule has 3 aromatic carbocycles. The van der Waals surface area contributed by atoms with Crippen molar-refractivity contribution >= 4 is 10.9 Å². The summed E-state index contributed by atoms with van der Waals surface area (Å²) in [7, 11) is 2.09. The average molecular weight is 412 g/mol. The second-order valence-corrected chi connectivity index (χ2v) is 9.29. The van der Waals surface area contributed by atoms with Crippen LogP contribution in [0.2, 0.25) is 0 Å². The van der Waals surface area contributed by atoms with Gasteiger partial charge in [-0.1, -0.05) is 61.4 Å². The molecule has 0 fully saturated rings. The molecule has 1 aromatic heterocycles. The van der Waals surface area contributed by atoms with Crippen LogP contribution in [0.3, 0.4) is 0 Å². The van der Waals surface area contributed by atoms with Crippen molar-refractivity contribution in [3.63, 3.8) is 0 Å². The molecule has 1 nitrogen and oxygen atoms in total. The van der Waals surface area contributed by atoms with Crippen LogP contribution in [0.5, 0.6) is 0 Å². The molecule has 0 bridgehead atoms. The molecular weight excluding hydrogens is 374 g/mol. The van der Waals surface area contributed by atoms with Gasteiger partial charge in [0.15, 0.2) is 0 Å². The summed E-state index contributed by atoms with van der Waals surface area (Å²) in [6.07, 6.45) is 1.00. The van der Waals surface area contributed by atoms with Crippen molar-refractivity contribution in [3.8, 4) is 22.4 Å². The lowest BCUT2D eigenvalue weighted by Gasteiger charge is -2.14. The van der Waals surface area contributed by atoms with Gasteiger partial charge in [0, 0.05) is 27.2 Å². The fourth-order valence-electron chi connectivity index (χ4n) is 4.49. The fourth-order valence-corrected chi connectivity index (χ4v) is 4.49. The molecule has 0 saturated heterocycles. The van der Waals surface area contributed by atoms with E-state index in [4.69, 9.17) is 4.11 Å². The van der Waals surface area contributed by atoms with E-state index in [1.807, 2.05) is 13.8 Å². The van der Waals surface area contributed by atoms with Gasteiger partial charge in [-0.05, 0) is 79.9 Å². The third-order valence-electron chi connectivity index (χ3n) is 6.22. The summed E-state index contributed by atoms with van der Waals surface area (Å²) in [5.74, 6) is 0.544. The number of aryl methyl sites for hydroxylation is 4. The van der Waals surface area contributed by atoms with Crippen LogP contribution in [0.25, 0.3) is 33.3 Å². The first-order chi connectivity index (χ1) is 16.0. The molecule has 4 rings (SSSR count). The minimum atomic E-state index is -2.14. The number of benzene rings is 3. The molecule has 0 aliphatic rings. The molecule has 0 aliphatic heterocycles. The summed E-state index contributed by atoms with van der Waals surface area (Å²) < 4.78 is 26.3. The maximum absolute atomic E-state index is 8.01. The maximum atomic E-state index is 8.01. The van der Waals surface area contributed by atoms with Gasteiger partial charge in [0.05, 0.1) is 0 Å². The second-order valence-electron chi connectivity index (χ2n) is 9.29. The molecule has 1 heterocycles. The molecule has 0 N–H and O–H groups in total. The van der Waals surface area contributed by atoms with E-state index >= 15 is 0 Å². The summed E-state index contributed by atoms with van der Waals surface area (Å²) in [4.78, 5) is 0. The summed E-state index contributed by atoms with van der Waals surface area (Å²) in [5.41, 5.74) is 10.4. The van der Waals surface area contributed by atoms with Crippen molar-refractivity contribution in [2.75, 3.05) is 0 Å². The molecule has 0 spiro atoms. The Morgan fingerprint density at radius 3 is 2.26 bits per heavy atom. The Hall–Kier alpha value is -2.93. The number of aromatic nitrogens is 1. The van der Waals surface area contributed by atoms with Crippen LogP contribution in [-0.2, 0) is 13.5 Å². The molecule has 1 heteroatoms. The maximum Gasteiger partial charge on any atom is 0.213 e. The Morgan fingerprint density at radius 1 is 0.839 bits per heavy atom. The molecular formula is C30H34N+. The minimum Gasteiger partial charge on any atom is -0.194 e. The molecule has 0 saturated carbocycles. The van der Waals surface area contributed by atoms with Gasteiger partial charge in [-0.3, -0.25) is 0 Å². The molecule has 31 heavy (non-hydrogen) atoms. The Labute approximate surface area is 191 Å². The van der Waals surface area contributed by atoms with Crippen molar-refractivity contribution in [2.45, 2.75) is 47.9 Å². The molecule has 0 atom stereocenters. The Kier molecular flexibility index (Phi) is 4.75. The van der Waals surface area contributed by atoms with Crippen LogP contribution in [0.1, 0.15) is 45.8 Å². The van der Waals surface area contributed by atoms with Gasteiger partial charge < -0.3 is 0 Å². The van der Waals surface area contributed by atoms with E-state index in [-0.39, 0.29) is 0 Å². The van der Waals surface area contributed by atoms with E-state index in [1.165, 1.54) is 27.6 Å². The lowest BCUT2D eigenvalue weighted by Crippen LogP contribution is -2.32. The van der Waals surface area contributed by atoms with Gasteiger partial charge in [-0.25, -0.2) is 0 Å². The van der Waals surface area contributed by atoms with E-state index in [9.17, 15) is 0 Å². The van der Waals surface area contributed by atoms with E-state index in [2.05, 4.69) is 87.0 Å². The molecule has 0 unspecified atom stereocenters. The number of hydrogen-bond acceptors (Lipinski definition) is 0. The van der Waals surface area contributed by atoms with Gasteiger partial charge in [-0.2, -0.15) is 4.57 Å². The van der Waals surface area contributed by atoms with Gasteiger partial charge in [0.1, 0.15) is 7.05 Å².